The summed E-state index contributed by atoms with van der Waals surface area (Å²) in [6.45, 7) is 6.42. The van der Waals surface area contributed by atoms with Crippen molar-refractivity contribution < 1.29 is 24.5 Å². The van der Waals surface area contributed by atoms with Gasteiger partial charge in [0.25, 0.3) is 8.32 Å². The van der Waals surface area contributed by atoms with Gasteiger partial charge in [-0.15, -0.1) is 0 Å². The van der Waals surface area contributed by atoms with E-state index in [1.807, 2.05) is 60.7 Å². The highest BCUT2D eigenvalue weighted by atomic mass is 28.4. The predicted molar refractivity (Wildman–Crippen MR) is 134 cm³/mol. The van der Waals surface area contributed by atoms with Gasteiger partial charge in [-0.1, -0.05) is 87.9 Å². The fourth-order valence-electron chi connectivity index (χ4n) is 4.92. The van der Waals surface area contributed by atoms with Crippen LogP contribution in [0.1, 0.15) is 59.3 Å². The fraction of sp³-hybridized carbons (Fsp3) is 0.556. The van der Waals surface area contributed by atoms with Crippen molar-refractivity contribution in [1.29, 1.82) is 0 Å². The van der Waals surface area contributed by atoms with Gasteiger partial charge in [-0.2, -0.15) is 0 Å². The highest BCUT2D eigenvalue weighted by Gasteiger charge is 2.51. The monoisotopic (exact) mass is 472 g/mol. The molecule has 1 heterocycles. The number of aliphatic hydroxyl groups is 2. The molecule has 3 atom stereocenters. The highest BCUT2D eigenvalue weighted by molar-refractivity contribution is 6.98. The molecule has 1 aliphatic heterocycles. The Morgan fingerprint density at radius 1 is 1.03 bits per heavy atom. The van der Waals surface area contributed by atoms with Crippen molar-refractivity contribution in [2.24, 2.45) is 0 Å². The maximum Gasteiger partial charge on any atom is 0.258 e. The quantitative estimate of drug-likeness (QED) is 0.345. The van der Waals surface area contributed by atoms with E-state index < -0.39 is 26.8 Å². The van der Waals surface area contributed by atoms with Crippen LogP contribution in [0, 0.1) is 0 Å². The molecule has 2 aromatic rings. The van der Waals surface area contributed by atoms with E-state index in [0.29, 0.717) is 19.4 Å². The van der Waals surface area contributed by atoms with Crippen molar-refractivity contribution in [3.63, 3.8) is 0 Å². The molecule has 0 aromatic heterocycles. The Morgan fingerprint density at radius 3 is 2.12 bits per heavy atom. The van der Waals surface area contributed by atoms with E-state index in [1.54, 1.807) is 0 Å². The Kier molecular flexibility index (Phi) is 8.89. The lowest BCUT2D eigenvalue weighted by atomic mass is 9.93. The van der Waals surface area contributed by atoms with Crippen LogP contribution in [0.15, 0.2) is 60.7 Å². The van der Waals surface area contributed by atoms with Gasteiger partial charge in [0.2, 0.25) is 5.79 Å². The van der Waals surface area contributed by atoms with E-state index in [4.69, 9.17) is 9.47 Å². The van der Waals surface area contributed by atoms with Crippen molar-refractivity contribution in [3.05, 3.63) is 60.7 Å². The van der Waals surface area contributed by atoms with Gasteiger partial charge in [0.1, 0.15) is 6.10 Å². The van der Waals surface area contributed by atoms with Gasteiger partial charge in [0, 0.05) is 6.61 Å². The zero-order chi connectivity index (χ0) is 24.0. The second-order valence-corrected chi connectivity index (χ2v) is 13.8. The van der Waals surface area contributed by atoms with Crippen molar-refractivity contribution in [1.82, 2.24) is 0 Å². The molecule has 0 aliphatic carbocycles. The SMILES string of the molecule is CCCCO[C@@H]1CC[C@@H](CCC(C)(C)[Si](O)(c2ccccc2)c2ccccc2)OC1(O)CO. The molecule has 3 rings (SSSR count). The van der Waals surface area contributed by atoms with E-state index in [1.165, 1.54) is 0 Å². The average Bonchev–Trinajstić information content (AvgIpc) is 2.84. The molecule has 6 heteroatoms. The normalized spacial score (nSPS) is 24.1. The first-order chi connectivity index (χ1) is 15.8. The number of hydrogen-bond donors (Lipinski definition) is 3. The summed E-state index contributed by atoms with van der Waals surface area (Å²) in [6.07, 6.45) is 4.03. The van der Waals surface area contributed by atoms with Crippen LogP contribution in [-0.4, -0.2) is 54.5 Å². The van der Waals surface area contributed by atoms with Crippen LogP contribution in [-0.2, 0) is 9.47 Å². The summed E-state index contributed by atoms with van der Waals surface area (Å²) in [4.78, 5) is 12.3. The van der Waals surface area contributed by atoms with Crippen molar-refractivity contribution in [2.45, 2.75) is 82.3 Å². The Hall–Kier alpha value is -1.54. The van der Waals surface area contributed by atoms with Crippen LogP contribution in [0.2, 0.25) is 5.04 Å². The third-order valence-electron chi connectivity index (χ3n) is 7.12. The summed E-state index contributed by atoms with van der Waals surface area (Å²) in [6, 6.07) is 20.0. The Labute approximate surface area is 199 Å². The number of hydrogen-bond acceptors (Lipinski definition) is 5. The van der Waals surface area contributed by atoms with Gasteiger partial charge in [-0.3, -0.25) is 0 Å². The Morgan fingerprint density at radius 2 is 1.61 bits per heavy atom. The van der Waals surface area contributed by atoms with Gasteiger partial charge < -0.3 is 24.5 Å². The van der Waals surface area contributed by atoms with Crippen LogP contribution in [0.25, 0.3) is 0 Å². The molecule has 5 nitrogen and oxygen atoms in total. The van der Waals surface area contributed by atoms with Gasteiger partial charge in [-0.05, 0) is 47.5 Å². The van der Waals surface area contributed by atoms with Crippen LogP contribution in [0.4, 0.5) is 0 Å². The van der Waals surface area contributed by atoms with Crippen LogP contribution in [0.3, 0.4) is 0 Å². The van der Waals surface area contributed by atoms with E-state index in [-0.39, 0.29) is 11.1 Å². The van der Waals surface area contributed by atoms with Crippen molar-refractivity contribution in [3.8, 4) is 0 Å². The second kappa shape index (κ2) is 11.3. The maximum absolute atomic E-state index is 12.3. The van der Waals surface area contributed by atoms with Crippen molar-refractivity contribution in [2.75, 3.05) is 13.2 Å². The fourth-order valence-corrected chi connectivity index (χ4v) is 8.67. The summed E-state index contributed by atoms with van der Waals surface area (Å²) in [7, 11) is -3.09. The standard InChI is InChI=1S/C27H40O5Si/c1-4-5-20-31-25-17-16-22(32-27(25,29)21-28)18-19-26(2,3)33(30,23-12-8-6-9-13-23)24-14-10-7-11-15-24/h6-15,22,25,28-30H,4-5,16-21H2,1-3H3/t22-,25+,27?/m0/s1. The summed E-state index contributed by atoms with van der Waals surface area (Å²) in [5.41, 5.74) is 0. The molecule has 0 saturated carbocycles. The lowest BCUT2D eigenvalue weighted by Crippen LogP contribution is -2.65. The van der Waals surface area contributed by atoms with Gasteiger partial charge >= 0.3 is 0 Å². The summed E-state index contributed by atoms with van der Waals surface area (Å²) >= 11 is 0. The predicted octanol–water partition coefficient (Wildman–Crippen LogP) is 3.34. The largest absolute Gasteiger partial charge is 0.424 e. The number of ether oxygens (including phenoxy) is 2. The molecule has 2 aromatic carbocycles. The molecule has 1 aliphatic rings. The molecule has 1 saturated heterocycles. The molecule has 0 bridgehead atoms. The molecule has 182 valence electrons. The van der Waals surface area contributed by atoms with Gasteiger partial charge in [-0.25, -0.2) is 0 Å². The highest BCUT2D eigenvalue weighted by Crippen LogP contribution is 2.42. The molecule has 0 spiro atoms. The van der Waals surface area contributed by atoms with Gasteiger partial charge in [0.15, 0.2) is 0 Å². The first kappa shape index (κ1) is 26.1. The van der Waals surface area contributed by atoms with Gasteiger partial charge in [0.05, 0.1) is 12.7 Å². The summed E-state index contributed by atoms with van der Waals surface area (Å²) in [5, 5.41) is 22.4. The minimum absolute atomic E-state index is 0.197. The van der Waals surface area contributed by atoms with E-state index in [2.05, 4.69) is 20.8 Å². The summed E-state index contributed by atoms with van der Waals surface area (Å²) < 4.78 is 11.8. The van der Waals surface area contributed by atoms with Crippen LogP contribution >= 0.6 is 0 Å². The molecular formula is C27H40O5Si. The number of unbranched alkanes of at least 4 members (excludes halogenated alkanes) is 1. The molecule has 0 radical (unpaired) electrons. The Bertz CT molecular complexity index is 805. The lowest BCUT2D eigenvalue weighted by Gasteiger charge is -2.44. The summed E-state index contributed by atoms with van der Waals surface area (Å²) in [5.74, 6) is -1.67. The minimum atomic E-state index is -3.09. The van der Waals surface area contributed by atoms with Crippen LogP contribution < -0.4 is 10.4 Å². The second-order valence-electron chi connectivity index (χ2n) is 9.90. The van der Waals surface area contributed by atoms with E-state index in [9.17, 15) is 15.0 Å². The van der Waals surface area contributed by atoms with E-state index in [0.717, 1.165) is 36.1 Å². The van der Waals surface area contributed by atoms with E-state index >= 15 is 0 Å². The molecule has 1 unspecified atom stereocenters. The first-order valence-corrected chi connectivity index (χ1v) is 14.2. The van der Waals surface area contributed by atoms with Crippen LogP contribution in [0.5, 0.6) is 0 Å². The number of aliphatic hydroxyl groups excluding tert-OH is 1. The molecular weight excluding hydrogens is 432 g/mol. The lowest BCUT2D eigenvalue weighted by molar-refractivity contribution is -0.321. The zero-order valence-corrected chi connectivity index (χ0v) is 21.2. The zero-order valence-electron chi connectivity index (χ0n) is 20.2. The smallest absolute Gasteiger partial charge is 0.258 e. The Balaban J connectivity index is 1.75. The number of rotatable bonds is 11. The van der Waals surface area contributed by atoms with Crippen molar-refractivity contribution >= 4 is 18.7 Å². The average molecular weight is 473 g/mol. The molecule has 33 heavy (non-hydrogen) atoms. The topological polar surface area (TPSA) is 79.2 Å². The molecule has 3 N–H and O–H groups in total. The molecule has 0 amide bonds. The third-order valence-corrected chi connectivity index (χ3v) is 11.7. The maximum atomic E-state index is 12.3. The minimum Gasteiger partial charge on any atom is -0.424 e. The molecule has 1 fully saturated rings. The number of benzene rings is 2. The third kappa shape index (κ3) is 5.76. The first-order valence-electron chi connectivity index (χ1n) is 12.2.